The van der Waals surface area contributed by atoms with Gasteiger partial charge in [0, 0.05) is 27.8 Å². The summed E-state index contributed by atoms with van der Waals surface area (Å²) in [6.07, 6.45) is 5.39. The number of thioether (sulfide) groups is 1. The highest BCUT2D eigenvalue weighted by Crippen LogP contribution is 2.28. The number of carbonyl (C=O) groups excluding carboxylic acids is 1. The first-order chi connectivity index (χ1) is 9.08. The van der Waals surface area contributed by atoms with Crippen molar-refractivity contribution in [3.05, 3.63) is 34.4 Å². The van der Waals surface area contributed by atoms with E-state index in [-0.39, 0.29) is 5.91 Å². The highest BCUT2D eigenvalue weighted by Gasteiger charge is 2.16. The van der Waals surface area contributed by atoms with Crippen molar-refractivity contribution < 1.29 is 4.79 Å². The number of anilines is 1. The number of nitrogens with zero attached hydrogens (tertiary/aromatic N) is 1. The Bertz CT molecular complexity index is 516. The number of nitrogen functional groups attached to an aromatic ring is 1. The van der Waals surface area contributed by atoms with E-state index < -0.39 is 0 Å². The summed E-state index contributed by atoms with van der Waals surface area (Å²) in [5, 5.41) is 0. The summed E-state index contributed by atoms with van der Waals surface area (Å²) >= 11 is 4.86. The second-order valence-electron chi connectivity index (χ2n) is 4.51. The Labute approximate surface area is 126 Å². The molecule has 0 unspecified atom stereocenters. The Morgan fingerprint density at radius 2 is 2.32 bits per heavy atom. The summed E-state index contributed by atoms with van der Waals surface area (Å²) in [6.45, 7) is 0. The Morgan fingerprint density at radius 1 is 1.53 bits per heavy atom. The standard InChI is InChI=1S/C14H17BrN2OS/c1-17(11-4-2-3-5-11)14(18)9-19-13-7-6-10(15)8-12(13)16/h4,6-8H,2-3,5,9,16H2,1H3. The second kappa shape index (κ2) is 6.48. The number of rotatable bonds is 4. The second-order valence-corrected chi connectivity index (χ2v) is 6.44. The van der Waals surface area contributed by atoms with Crippen molar-refractivity contribution >= 4 is 39.3 Å². The predicted octanol–water partition coefficient (Wildman–Crippen LogP) is 3.65. The molecule has 19 heavy (non-hydrogen) atoms. The van der Waals surface area contributed by atoms with Gasteiger partial charge in [0.15, 0.2) is 0 Å². The molecule has 1 aromatic rings. The fourth-order valence-corrected chi connectivity index (χ4v) is 3.25. The number of allylic oxidation sites excluding steroid dienone is 2. The van der Waals surface area contributed by atoms with E-state index in [1.54, 1.807) is 4.90 Å². The molecule has 102 valence electrons. The van der Waals surface area contributed by atoms with Gasteiger partial charge in [0.2, 0.25) is 5.91 Å². The summed E-state index contributed by atoms with van der Waals surface area (Å²) in [5.41, 5.74) is 7.77. The fourth-order valence-electron chi connectivity index (χ4n) is 2.01. The lowest BCUT2D eigenvalue weighted by molar-refractivity contribution is -0.125. The van der Waals surface area contributed by atoms with Crippen LogP contribution in [0.3, 0.4) is 0 Å². The first kappa shape index (κ1) is 14.5. The van der Waals surface area contributed by atoms with E-state index in [1.807, 2.05) is 25.2 Å². The molecule has 2 N–H and O–H groups in total. The van der Waals surface area contributed by atoms with Gasteiger partial charge >= 0.3 is 0 Å². The van der Waals surface area contributed by atoms with Crippen LogP contribution in [-0.2, 0) is 4.79 Å². The van der Waals surface area contributed by atoms with Gasteiger partial charge in [-0.15, -0.1) is 11.8 Å². The summed E-state index contributed by atoms with van der Waals surface area (Å²) in [7, 11) is 1.85. The Balaban J connectivity index is 1.92. The van der Waals surface area contributed by atoms with E-state index in [0.29, 0.717) is 11.4 Å². The van der Waals surface area contributed by atoms with Crippen LogP contribution in [0.2, 0.25) is 0 Å². The lowest BCUT2D eigenvalue weighted by Gasteiger charge is -2.18. The van der Waals surface area contributed by atoms with E-state index in [0.717, 1.165) is 34.3 Å². The maximum Gasteiger partial charge on any atom is 0.236 e. The van der Waals surface area contributed by atoms with Gasteiger partial charge in [-0.25, -0.2) is 0 Å². The third-order valence-electron chi connectivity index (χ3n) is 3.14. The van der Waals surface area contributed by atoms with Crippen LogP contribution in [0, 0.1) is 0 Å². The van der Waals surface area contributed by atoms with E-state index in [9.17, 15) is 4.79 Å². The number of carbonyl (C=O) groups is 1. The molecule has 0 heterocycles. The van der Waals surface area contributed by atoms with Gasteiger partial charge in [-0.05, 0) is 37.5 Å². The van der Waals surface area contributed by atoms with Crippen molar-refractivity contribution in [2.75, 3.05) is 18.5 Å². The van der Waals surface area contributed by atoms with Crippen molar-refractivity contribution in [2.24, 2.45) is 0 Å². The molecular formula is C14H17BrN2OS. The van der Waals surface area contributed by atoms with Crippen molar-refractivity contribution in [3.8, 4) is 0 Å². The third kappa shape index (κ3) is 3.76. The number of halogens is 1. The normalized spacial score (nSPS) is 14.3. The molecule has 5 heteroatoms. The third-order valence-corrected chi connectivity index (χ3v) is 4.71. The molecule has 0 spiro atoms. The van der Waals surface area contributed by atoms with E-state index >= 15 is 0 Å². The topological polar surface area (TPSA) is 46.3 Å². The zero-order valence-corrected chi connectivity index (χ0v) is 13.3. The zero-order chi connectivity index (χ0) is 13.8. The highest BCUT2D eigenvalue weighted by molar-refractivity contribution is 9.10. The lowest BCUT2D eigenvalue weighted by atomic mass is 10.3. The summed E-state index contributed by atoms with van der Waals surface area (Å²) < 4.78 is 0.953. The minimum atomic E-state index is 0.125. The summed E-state index contributed by atoms with van der Waals surface area (Å²) in [6, 6.07) is 5.73. The molecule has 0 aliphatic heterocycles. The van der Waals surface area contributed by atoms with Crippen LogP contribution in [0.25, 0.3) is 0 Å². The maximum atomic E-state index is 12.1. The molecule has 0 radical (unpaired) electrons. The zero-order valence-electron chi connectivity index (χ0n) is 10.9. The van der Waals surface area contributed by atoms with Crippen LogP contribution in [0.5, 0.6) is 0 Å². The molecule has 0 aromatic heterocycles. The Kier molecular flexibility index (Phi) is 4.93. The van der Waals surface area contributed by atoms with E-state index in [4.69, 9.17) is 5.73 Å². The molecule has 3 nitrogen and oxygen atoms in total. The van der Waals surface area contributed by atoms with Gasteiger partial charge in [-0.3, -0.25) is 4.79 Å². The first-order valence-corrected chi connectivity index (χ1v) is 7.99. The molecule has 0 saturated heterocycles. The smallest absolute Gasteiger partial charge is 0.236 e. The fraction of sp³-hybridized carbons (Fsp3) is 0.357. The van der Waals surface area contributed by atoms with Crippen molar-refractivity contribution in [1.29, 1.82) is 0 Å². The minimum Gasteiger partial charge on any atom is -0.398 e. The highest BCUT2D eigenvalue weighted by atomic mass is 79.9. The maximum absolute atomic E-state index is 12.1. The van der Waals surface area contributed by atoms with Crippen LogP contribution < -0.4 is 5.73 Å². The Hall–Kier alpha value is -0.940. The average molecular weight is 341 g/mol. The number of hydrogen-bond donors (Lipinski definition) is 1. The van der Waals surface area contributed by atoms with Gasteiger partial charge in [0.05, 0.1) is 5.75 Å². The SMILES string of the molecule is CN(C(=O)CSc1ccc(Br)cc1N)C1=CCCC1. The van der Waals surface area contributed by atoms with Crippen LogP contribution in [0.1, 0.15) is 19.3 Å². The molecule has 1 aromatic carbocycles. The molecule has 1 amide bonds. The largest absolute Gasteiger partial charge is 0.398 e. The molecule has 0 saturated carbocycles. The van der Waals surface area contributed by atoms with Crippen molar-refractivity contribution in [1.82, 2.24) is 4.90 Å². The van der Waals surface area contributed by atoms with E-state index in [1.165, 1.54) is 11.8 Å². The summed E-state index contributed by atoms with van der Waals surface area (Å²) in [5.74, 6) is 0.542. The van der Waals surface area contributed by atoms with Crippen LogP contribution in [0.15, 0.2) is 39.3 Å². The monoisotopic (exact) mass is 340 g/mol. The van der Waals surface area contributed by atoms with Crippen LogP contribution in [-0.4, -0.2) is 23.6 Å². The quantitative estimate of drug-likeness (QED) is 0.672. The van der Waals surface area contributed by atoms with E-state index in [2.05, 4.69) is 22.0 Å². The van der Waals surface area contributed by atoms with Gasteiger partial charge in [0.1, 0.15) is 0 Å². The van der Waals surface area contributed by atoms with Gasteiger partial charge in [-0.1, -0.05) is 22.0 Å². The molecule has 0 bridgehead atoms. The lowest BCUT2D eigenvalue weighted by Crippen LogP contribution is -2.27. The van der Waals surface area contributed by atoms with Gasteiger partial charge in [0.25, 0.3) is 0 Å². The molecule has 2 rings (SSSR count). The number of benzene rings is 1. The first-order valence-electron chi connectivity index (χ1n) is 6.21. The van der Waals surface area contributed by atoms with Gasteiger partial charge < -0.3 is 10.6 Å². The van der Waals surface area contributed by atoms with Crippen molar-refractivity contribution in [3.63, 3.8) is 0 Å². The average Bonchev–Trinajstić information content (AvgIpc) is 2.90. The number of amides is 1. The minimum absolute atomic E-state index is 0.125. The van der Waals surface area contributed by atoms with Crippen LogP contribution >= 0.6 is 27.7 Å². The van der Waals surface area contributed by atoms with Gasteiger partial charge in [-0.2, -0.15) is 0 Å². The molecule has 0 fully saturated rings. The molecular weight excluding hydrogens is 324 g/mol. The van der Waals surface area contributed by atoms with Crippen LogP contribution in [0.4, 0.5) is 5.69 Å². The van der Waals surface area contributed by atoms with Crippen molar-refractivity contribution in [2.45, 2.75) is 24.2 Å². The number of hydrogen-bond acceptors (Lipinski definition) is 3. The molecule has 1 aliphatic rings. The Morgan fingerprint density at radius 3 is 2.95 bits per heavy atom. The summed E-state index contributed by atoms with van der Waals surface area (Å²) in [4.78, 5) is 14.8. The molecule has 0 atom stereocenters. The number of nitrogens with two attached hydrogens (primary N) is 1. The predicted molar refractivity (Wildman–Crippen MR) is 84.0 cm³/mol. The molecule has 1 aliphatic carbocycles.